The molecule has 1 aromatic carbocycles. The molecular formula is C18H25NO3. The van der Waals surface area contributed by atoms with Gasteiger partial charge in [0, 0.05) is 24.1 Å². The van der Waals surface area contributed by atoms with Crippen LogP contribution in [0.5, 0.6) is 11.5 Å². The number of rotatable bonds is 6. The summed E-state index contributed by atoms with van der Waals surface area (Å²) < 4.78 is 10.8. The largest absolute Gasteiger partial charge is 0.496 e. The molecule has 1 N–H and O–H groups in total. The lowest BCUT2D eigenvalue weighted by Crippen LogP contribution is -2.32. The van der Waals surface area contributed by atoms with Crippen LogP contribution in [0.2, 0.25) is 0 Å². The number of nitrogens with one attached hydrogen (secondary N) is 1. The molecule has 4 heteroatoms. The molecule has 0 saturated heterocycles. The summed E-state index contributed by atoms with van der Waals surface area (Å²) in [5, 5.41) is 2.92. The molecule has 0 aliphatic carbocycles. The van der Waals surface area contributed by atoms with E-state index < -0.39 is 0 Å². The van der Waals surface area contributed by atoms with Gasteiger partial charge in [0.05, 0.1) is 14.2 Å². The van der Waals surface area contributed by atoms with Gasteiger partial charge in [-0.15, -0.1) is 12.3 Å². The van der Waals surface area contributed by atoms with Gasteiger partial charge < -0.3 is 14.8 Å². The Morgan fingerprint density at radius 1 is 1.23 bits per heavy atom. The van der Waals surface area contributed by atoms with E-state index in [2.05, 4.69) is 32.0 Å². The van der Waals surface area contributed by atoms with Gasteiger partial charge in [0.2, 0.25) is 0 Å². The number of carbonyl (C=O) groups is 1. The summed E-state index contributed by atoms with van der Waals surface area (Å²) in [6, 6.07) is 3.46. The second-order valence-electron chi connectivity index (χ2n) is 6.31. The van der Waals surface area contributed by atoms with Crippen molar-refractivity contribution in [3.63, 3.8) is 0 Å². The van der Waals surface area contributed by atoms with Crippen LogP contribution < -0.4 is 14.8 Å². The van der Waals surface area contributed by atoms with Crippen molar-refractivity contribution in [2.75, 3.05) is 20.8 Å². The van der Waals surface area contributed by atoms with Gasteiger partial charge in [0.15, 0.2) is 0 Å². The van der Waals surface area contributed by atoms with Crippen molar-refractivity contribution in [1.82, 2.24) is 5.32 Å². The smallest absolute Gasteiger partial charge is 0.251 e. The van der Waals surface area contributed by atoms with Crippen LogP contribution in [-0.2, 0) is 6.42 Å². The summed E-state index contributed by atoms with van der Waals surface area (Å²) in [5.41, 5.74) is 1.43. The first-order chi connectivity index (χ1) is 10.3. The molecular weight excluding hydrogens is 278 g/mol. The highest BCUT2D eigenvalue weighted by Crippen LogP contribution is 2.31. The number of methoxy groups -OCH3 is 2. The number of ether oxygens (including phenoxy) is 2. The first kappa shape index (κ1) is 17.9. The van der Waals surface area contributed by atoms with Crippen LogP contribution in [0.3, 0.4) is 0 Å². The van der Waals surface area contributed by atoms with Crippen molar-refractivity contribution in [2.24, 2.45) is 5.41 Å². The molecule has 4 nitrogen and oxygen atoms in total. The molecule has 0 aliphatic heterocycles. The lowest BCUT2D eigenvalue weighted by atomic mass is 9.96. The van der Waals surface area contributed by atoms with Gasteiger partial charge in [0.1, 0.15) is 11.5 Å². The lowest BCUT2D eigenvalue weighted by Gasteiger charge is -2.19. The third kappa shape index (κ3) is 5.00. The third-order valence-corrected chi connectivity index (χ3v) is 3.17. The normalized spacial score (nSPS) is 10.7. The summed E-state index contributed by atoms with van der Waals surface area (Å²) in [5.74, 6) is 3.70. The Morgan fingerprint density at radius 2 is 1.77 bits per heavy atom. The first-order valence-electron chi connectivity index (χ1n) is 7.29. The van der Waals surface area contributed by atoms with Crippen LogP contribution in [0.1, 0.15) is 43.1 Å². The Bertz CT molecular complexity index is 540. The van der Waals surface area contributed by atoms with E-state index in [1.165, 1.54) is 0 Å². The SMILES string of the molecule is C#CCCc1c(OC)cc(C(=O)NCC(C)(C)C)cc1OC. The molecule has 0 radical (unpaired) electrons. The molecule has 1 rings (SSSR count). The van der Waals surface area contributed by atoms with E-state index in [0.717, 1.165) is 5.56 Å². The molecule has 0 fully saturated rings. The molecule has 0 bridgehead atoms. The summed E-state index contributed by atoms with van der Waals surface area (Å²) in [6.45, 7) is 6.79. The quantitative estimate of drug-likeness (QED) is 0.822. The van der Waals surface area contributed by atoms with E-state index in [4.69, 9.17) is 15.9 Å². The molecule has 0 aromatic heterocycles. The number of hydrogen-bond acceptors (Lipinski definition) is 3. The van der Waals surface area contributed by atoms with Crippen LogP contribution in [-0.4, -0.2) is 26.7 Å². The third-order valence-electron chi connectivity index (χ3n) is 3.17. The number of amides is 1. The van der Waals surface area contributed by atoms with E-state index in [0.29, 0.717) is 36.4 Å². The Balaban J connectivity index is 3.07. The van der Waals surface area contributed by atoms with Crippen molar-refractivity contribution in [2.45, 2.75) is 33.6 Å². The summed E-state index contributed by atoms with van der Waals surface area (Å²) >= 11 is 0. The molecule has 0 saturated carbocycles. The fourth-order valence-corrected chi connectivity index (χ4v) is 2.01. The number of hydrogen-bond donors (Lipinski definition) is 1. The molecule has 1 aromatic rings. The second kappa shape index (κ2) is 7.74. The van der Waals surface area contributed by atoms with Gasteiger partial charge in [-0.1, -0.05) is 20.8 Å². The Labute approximate surface area is 133 Å². The van der Waals surface area contributed by atoms with Crippen LogP contribution in [0.15, 0.2) is 12.1 Å². The van der Waals surface area contributed by atoms with Crippen LogP contribution in [0, 0.1) is 17.8 Å². The number of terminal acetylenes is 1. The molecule has 0 unspecified atom stereocenters. The van der Waals surface area contributed by atoms with E-state index in [9.17, 15) is 4.79 Å². The van der Waals surface area contributed by atoms with Gasteiger partial charge in [0.25, 0.3) is 5.91 Å². The minimum absolute atomic E-state index is 0.0244. The standard InChI is InChI=1S/C18H25NO3/c1-7-8-9-14-15(21-5)10-13(11-16(14)22-6)17(20)19-12-18(2,3)4/h1,10-11H,8-9,12H2,2-6H3,(H,19,20). The lowest BCUT2D eigenvalue weighted by molar-refractivity contribution is 0.0938. The number of benzene rings is 1. The minimum atomic E-state index is -0.143. The maximum absolute atomic E-state index is 12.3. The molecule has 0 atom stereocenters. The predicted molar refractivity (Wildman–Crippen MR) is 88.5 cm³/mol. The Kier molecular flexibility index (Phi) is 6.30. The van der Waals surface area contributed by atoms with E-state index in [1.807, 2.05) is 0 Å². The van der Waals surface area contributed by atoms with E-state index in [-0.39, 0.29) is 11.3 Å². The molecule has 1 amide bonds. The van der Waals surface area contributed by atoms with E-state index in [1.54, 1.807) is 26.4 Å². The minimum Gasteiger partial charge on any atom is -0.496 e. The molecule has 120 valence electrons. The van der Waals surface area contributed by atoms with Crippen LogP contribution in [0.4, 0.5) is 0 Å². The predicted octanol–water partition coefficient (Wildman–Crippen LogP) is 3.05. The van der Waals surface area contributed by atoms with Gasteiger partial charge in [-0.2, -0.15) is 0 Å². The average Bonchev–Trinajstić information content (AvgIpc) is 2.48. The highest BCUT2D eigenvalue weighted by molar-refractivity contribution is 5.95. The summed E-state index contributed by atoms with van der Waals surface area (Å²) in [4.78, 5) is 12.3. The van der Waals surface area contributed by atoms with Crippen molar-refractivity contribution < 1.29 is 14.3 Å². The monoisotopic (exact) mass is 303 g/mol. The topological polar surface area (TPSA) is 47.6 Å². The van der Waals surface area contributed by atoms with Crippen LogP contribution >= 0.6 is 0 Å². The van der Waals surface area contributed by atoms with Crippen molar-refractivity contribution in [3.8, 4) is 23.8 Å². The van der Waals surface area contributed by atoms with Gasteiger partial charge >= 0.3 is 0 Å². The second-order valence-corrected chi connectivity index (χ2v) is 6.31. The average molecular weight is 303 g/mol. The van der Waals surface area contributed by atoms with Gasteiger partial charge in [-0.25, -0.2) is 0 Å². The summed E-state index contributed by atoms with van der Waals surface area (Å²) in [6.07, 6.45) is 6.55. The molecule has 22 heavy (non-hydrogen) atoms. The maximum atomic E-state index is 12.3. The fraction of sp³-hybridized carbons (Fsp3) is 0.500. The van der Waals surface area contributed by atoms with Gasteiger partial charge in [-0.3, -0.25) is 4.79 Å². The van der Waals surface area contributed by atoms with Crippen molar-refractivity contribution >= 4 is 5.91 Å². The highest BCUT2D eigenvalue weighted by Gasteiger charge is 2.17. The zero-order chi connectivity index (χ0) is 16.8. The van der Waals surface area contributed by atoms with E-state index >= 15 is 0 Å². The number of carbonyl (C=O) groups excluding carboxylic acids is 1. The van der Waals surface area contributed by atoms with Gasteiger partial charge in [-0.05, 0) is 24.0 Å². The fourth-order valence-electron chi connectivity index (χ4n) is 2.01. The molecule has 0 heterocycles. The Hall–Kier alpha value is -2.15. The Morgan fingerprint density at radius 3 is 2.18 bits per heavy atom. The molecule has 0 spiro atoms. The van der Waals surface area contributed by atoms with Crippen molar-refractivity contribution in [1.29, 1.82) is 0 Å². The van der Waals surface area contributed by atoms with Crippen molar-refractivity contribution in [3.05, 3.63) is 23.3 Å². The zero-order valence-corrected chi connectivity index (χ0v) is 14.1. The maximum Gasteiger partial charge on any atom is 0.251 e. The highest BCUT2D eigenvalue weighted by atomic mass is 16.5. The van der Waals surface area contributed by atoms with Crippen LogP contribution in [0.25, 0.3) is 0 Å². The summed E-state index contributed by atoms with van der Waals surface area (Å²) in [7, 11) is 3.15. The first-order valence-corrected chi connectivity index (χ1v) is 7.29. The zero-order valence-electron chi connectivity index (χ0n) is 14.1. The molecule has 0 aliphatic rings.